The molecule has 0 aliphatic rings. The number of carbonyl (C=O) groups is 3. The van der Waals surface area contributed by atoms with Crippen LogP contribution in [0.2, 0.25) is 32.7 Å². The number of rotatable bonds is 7. The Balaban J connectivity index is 3.07. The Morgan fingerprint density at radius 1 is 0.933 bits per heavy atom. The molecular formula is C32H50FNO9Si2. The van der Waals surface area contributed by atoms with E-state index in [2.05, 4.69) is 0 Å². The van der Waals surface area contributed by atoms with Crippen LogP contribution >= 0.6 is 0 Å². The summed E-state index contributed by atoms with van der Waals surface area (Å²) in [6.07, 6.45) is -3.01. The average molecular weight is 668 g/mol. The highest BCUT2D eigenvalue weighted by atomic mass is 28.3. The molecule has 10 nitrogen and oxygen atoms in total. The van der Waals surface area contributed by atoms with Crippen LogP contribution in [0.15, 0.2) is 16.5 Å². The number of ether oxygens (including phenoxy) is 3. The lowest BCUT2D eigenvalue weighted by Gasteiger charge is -2.32. The zero-order valence-electron chi connectivity index (χ0n) is 29.3. The van der Waals surface area contributed by atoms with E-state index in [0.29, 0.717) is 4.90 Å². The molecule has 0 radical (unpaired) electrons. The van der Waals surface area contributed by atoms with Crippen molar-refractivity contribution in [3.05, 3.63) is 29.3 Å². The number of amides is 2. The van der Waals surface area contributed by atoms with Crippen LogP contribution < -0.4 is 10.3 Å². The third-order valence-corrected chi connectivity index (χ3v) is 8.70. The van der Waals surface area contributed by atoms with Gasteiger partial charge in [-0.2, -0.15) is 4.90 Å². The molecule has 2 rings (SSSR count). The Kier molecular flexibility index (Phi) is 11.2. The zero-order valence-corrected chi connectivity index (χ0v) is 31.5. The van der Waals surface area contributed by atoms with Gasteiger partial charge in [0.2, 0.25) is 0 Å². The fraction of sp³-hybridized carbons (Fsp3) is 0.594. The molecule has 0 spiro atoms. The van der Waals surface area contributed by atoms with Crippen LogP contribution in [0.3, 0.4) is 0 Å². The van der Waals surface area contributed by atoms with Crippen LogP contribution in [0.4, 0.5) is 19.7 Å². The first-order valence-corrected chi connectivity index (χ1v) is 21.2. The van der Waals surface area contributed by atoms with Gasteiger partial charge in [-0.25, -0.2) is 18.8 Å². The molecule has 0 saturated carbocycles. The summed E-state index contributed by atoms with van der Waals surface area (Å²) in [4.78, 5) is 40.7. The maximum atomic E-state index is 16.6. The molecule has 2 amide bonds. The molecule has 0 bridgehead atoms. The normalized spacial score (nSPS) is 13.4. The minimum absolute atomic E-state index is 0.0720. The molecule has 1 heterocycles. The lowest BCUT2D eigenvalue weighted by atomic mass is 9.85. The molecule has 1 unspecified atom stereocenters. The van der Waals surface area contributed by atoms with E-state index < -0.39 is 75.1 Å². The number of anilines is 1. The van der Waals surface area contributed by atoms with E-state index in [9.17, 15) is 19.5 Å². The van der Waals surface area contributed by atoms with E-state index in [-0.39, 0.29) is 28.0 Å². The molecule has 0 fully saturated rings. The summed E-state index contributed by atoms with van der Waals surface area (Å²) in [6.45, 7) is 25.2. The number of phenols is 1. The van der Waals surface area contributed by atoms with Gasteiger partial charge >= 0.3 is 18.2 Å². The number of hydrogen-bond acceptors (Lipinski definition) is 9. The molecule has 1 aromatic heterocycles. The van der Waals surface area contributed by atoms with Crippen LogP contribution in [0.5, 0.6) is 5.75 Å². The van der Waals surface area contributed by atoms with Gasteiger partial charge in [0.15, 0.2) is 14.9 Å². The number of carbonyl (C=O) groups excluding carboxylic acids is 3. The molecule has 2 aromatic rings. The van der Waals surface area contributed by atoms with Gasteiger partial charge in [-0.1, -0.05) is 40.4 Å². The van der Waals surface area contributed by atoms with Gasteiger partial charge < -0.3 is 28.2 Å². The van der Waals surface area contributed by atoms with Gasteiger partial charge in [-0.05, 0) is 72.2 Å². The highest BCUT2D eigenvalue weighted by molar-refractivity contribution is 6.87. The highest BCUT2D eigenvalue weighted by Crippen LogP contribution is 2.47. The summed E-state index contributed by atoms with van der Waals surface area (Å²) in [7, 11) is -3.05. The summed E-state index contributed by atoms with van der Waals surface area (Å²) in [6, 6.07) is 2.56. The fourth-order valence-electron chi connectivity index (χ4n) is 4.44. The number of imide groups is 1. The van der Waals surface area contributed by atoms with Crippen molar-refractivity contribution in [1.82, 2.24) is 0 Å². The topological polar surface area (TPSA) is 125 Å². The van der Waals surface area contributed by atoms with Crippen LogP contribution in [0, 0.1) is 11.2 Å². The lowest BCUT2D eigenvalue weighted by Crippen LogP contribution is -2.44. The molecule has 45 heavy (non-hydrogen) atoms. The lowest BCUT2D eigenvalue weighted by molar-refractivity contribution is 0.0430. The Labute approximate surface area is 268 Å². The largest absolute Gasteiger partial charge is 0.506 e. The zero-order chi connectivity index (χ0) is 35.0. The summed E-state index contributed by atoms with van der Waals surface area (Å²) in [5, 5.41) is 11.9. The maximum absolute atomic E-state index is 16.6. The first-order chi connectivity index (χ1) is 20.2. The summed E-state index contributed by atoms with van der Waals surface area (Å²) >= 11 is 0. The fourth-order valence-corrected chi connectivity index (χ4v) is 6.71. The van der Waals surface area contributed by atoms with Crippen LogP contribution in [0.1, 0.15) is 84.5 Å². The third-order valence-electron chi connectivity index (χ3n) is 6.20. The van der Waals surface area contributed by atoms with Gasteiger partial charge in [0.25, 0.3) is 0 Å². The first kappa shape index (κ1) is 38.0. The molecular weight excluding hydrogens is 618 g/mol. The van der Waals surface area contributed by atoms with E-state index in [0.717, 1.165) is 7.11 Å². The van der Waals surface area contributed by atoms with E-state index in [4.69, 9.17) is 23.1 Å². The van der Waals surface area contributed by atoms with Crippen molar-refractivity contribution in [2.75, 3.05) is 12.0 Å². The van der Waals surface area contributed by atoms with Crippen LogP contribution in [-0.4, -0.2) is 58.7 Å². The summed E-state index contributed by atoms with van der Waals surface area (Å²) in [5.41, 5.74) is -3.73. The SMILES string of the molecule is COC(=O)c1c(N(C(=O)OC(C)(C)C)C(=O)OC(C)(C)C)ccc(-c2c(C(O[SiH](C)C)C(C)(C)C)oc([Si](C)(C)C)c2F)c1O. The molecule has 1 aromatic carbocycles. The standard InChI is InChI=1S/C32H50FNO9Si2/c1-30(2,3)25(43-44(11)12)24-20(22(33)27(40-24)45(13,14)15)18-16-17-19(21(23(18)35)26(36)39-10)34(28(37)41-31(4,5)6)29(38)42-32(7,8)9/h16-17,25,35,44H,1-15H3. The Bertz CT molecular complexity index is 1400. The van der Waals surface area contributed by atoms with Crippen LogP contribution in [-0.2, 0) is 18.6 Å². The van der Waals surface area contributed by atoms with Crippen LogP contribution in [0.25, 0.3) is 11.1 Å². The number of methoxy groups -OCH3 is 1. The van der Waals surface area contributed by atoms with Gasteiger partial charge in [0.05, 0.1) is 18.4 Å². The van der Waals surface area contributed by atoms with E-state index >= 15 is 4.39 Å². The number of aromatic hydroxyl groups is 1. The minimum atomic E-state index is -2.42. The molecule has 0 saturated heterocycles. The van der Waals surface area contributed by atoms with E-state index in [1.807, 2.05) is 53.5 Å². The number of benzene rings is 1. The molecule has 252 valence electrons. The second-order valence-electron chi connectivity index (χ2n) is 15.3. The molecule has 0 aliphatic heterocycles. The maximum Gasteiger partial charge on any atom is 0.424 e. The van der Waals surface area contributed by atoms with Crippen molar-refractivity contribution in [2.45, 2.75) is 112 Å². The van der Waals surface area contributed by atoms with E-state index in [1.54, 1.807) is 41.5 Å². The number of esters is 1. The highest BCUT2D eigenvalue weighted by Gasteiger charge is 2.42. The van der Waals surface area contributed by atoms with Crippen molar-refractivity contribution in [3.63, 3.8) is 0 Å². The van der Waals surface area contributed by atoms with Crippen molar-refractivity contribution in [1.29, 1.82) is 0 Å². The van der Waals surface area contributed by atoms with Crippen molar-refractivity contribution in [3.8, 4) is 16.9 Å². The summed E-state index contributed by atoms with van der Waals surface area (Å²) < 4.78 is 45.2. The predicted octanol–water partition coefficient (Wildman–Crippen LogP) is 7.89. The second-order valence-corrected chi connectivity index (χ2v) is 22.6. The molecule has 1 atom stereocenters. The monoisotopic (exact) mass is 667 g/mol. The quantitative estimate of drug-likeness (QED) is 0.178. The minimum Gasteiger partial charge on any atom is -0.506 e. The predicted molar refractivity (Wildman–Crippen MR) is 177 cm³/mol. The average Bonchev–Trinajstić information content (AvgIpc) is 3.16. The smallest absolute Gasteiger partial charge is 0.424 e. The summed E-state index contributed by atoms with van der Waals surface area (Å²) in [5.74, 6) is -2.32. The third kappa shape index (κ3) is 9.20. The second kappa shape index (κ2) is 13.3. The molecule has 0 aliphatic carbocycles. The number of nitrogens with zero attached hydrogens (tertiary/aromatic N) is 1. The number of furan rings is 1. The van der Waals surface area contributed by atoms with Gasteiger partial charge in [0.1, 0.15) is 47.8 Å². The van der Waals surface area contributed by atoms with Crippen molar-refractivity contribution < 1.29 is 46.9 Å². The number of hydrogen-bond donors (Lipinski definition) is 1. The van der Waals surface area contributed by atoms with Crippen molar-refractivity contribution >= 4 is 46.3 Å². The Morgan fingerprint density at radius 3 is 1.80 bits per heavy atom. The number of halogens is 1. The van der Waals surface area contributed by atoms with Gasteiger partial charge in [-0.3, -0.25) is 0 Å². The Morgan fingerprint density at radius 2 is 1.42 bits per heavy atom. The first-order valence-electron chi connectivity index (χ1n) is 14.9. The number of phenolic OH excluding ortho intramolecular Hbond substituents is 1. The molecule has 1 N–H and O–H groups in total. The van der Waals surface area contributed by atoms with Crippen molar-refractivity contribution in [2.24, 2.45) is 5.41 Å². The van der Waals surface area contributed by atoms with Gasteiger partial charge in [0, 0.05) is 5.56 Å². The Hall–Kier alpha value is -3.17. The van der Waals surface area contributed by atoms with E-state index in [1.165, 1.54) is 12.1 Å². The van der Waals surface area contributed by atoms with Gasteiger partial charge in [-0.15, -0.1) is 0 Å². The molecule has 13 heteroatoms.